The van der Waals surface area contributed by atoms with Gasteiger partial charge in [0.2, 0.25) is 5.91 Å². The summed E-state index contributed by atoms with van der Waals surface area (Å²) >= 11 is 0. The second-order valence-corrected chi connectivity index (χ2v) is 8.94. The Bertz CT molecular complexity index is 1050. The molecule has 3 N–H and O–H groups in total. The highest BCUT2D eigenvalue weighted by molar-refractivity contribution is 6.00. The van der Waals surface area contributed by atoms with Crippen LogP contribution in [0.1, 0.15) is 50.1 Å². The third kappa shape index (κ3) is 5.53. The first-order valence-electron chi connectivity index (χ1n) is 12.4. The van der Waals surface area contributed by atoms with Crippen LogP contribution in [0.2, 0.25) is 0 Å². The Morgan fingerprint density at radius 2 is 1.89 bits per heavy atom. The second-order valence-electron chi connectivity index (χ2n) is 8.94. The van der Waals surface area contributed by atoms with Crippen molar-refractivity contribution in [1.82, 2.24) is 20.9 Å². The van der Waals surface area contributed by atoms with Gasteiger partial charge in [-0.3, -0.25) is 9.59 Å². The number of rotatable bonds is 7. The van der Waals surface area contributed by atoms with Gasteiger partial charge in [-0.05, 0) is 64.8 Å². The van der Waals surface area contributed by atoms with Gasteiger partial charge in [0.25, 0.3) is 5.91 Å². The number of furan rings is 1. The Morgan fingerprint density at radius 3 is 2.57 bits per heavy atom. The fourth-order valence-corrected chi connectivity index (χ4v) is 4.70. The molecule has 10 nitrogen and oxygen atoms in total. The van der Waals surface area contributed by atoms with Crippen LogP contribution in [-0.4, -0.2) is 73.8 Å². The van der Waals surface area contributed by atoms with E-state index in [1.54, 1.807) is 24.0 Å². The van der Waals surface area contributed by atoms with E-state index in [2.05, 4.69) is 16.0 Å². The zero-order chi connectivity index (χ0) is 24.8. The van der Waals surface area contributed by atoms with E-state index in [0.29, 0.717) is 76.4 Å². The van der Waals surface area contributed by atoms with Crippen molar-refractivity contribution in [2.45, 2.75) is 51.1 Å². The smallest absolute Gasteiger partial charge is 0.409 e. The van der Waals surface area contributed by atoms with E-state index in [-0.39, 0.29) is 23.8 Å². The maximum atomic E-state index is 13.5. The van der Waals surface area contributed by atoms with Crippen LogP contribution < -0.4 is 20.7 Å². The highest BCUT2D eigenvalue weighted by Gasteiger charge is 2.42. The van der Waals surface area contributed by atoms with E-state index < -0.39 is 11.4 Å². The summed E-state index contributed by atoms with van der Waals surface area (Å²) in [6, 6.07) is 7.10. The Balaban J connectivity index is 1.44. The van der Waals surface area contributed by atoms with Crippen LogP contribution in [0, 0.1) is 0 Å². The molecule has 3 heterocycles. The second kappa shape index (κ2) is 11.0. The van der Waals surface area contributed by atoms with E-state index in [4.69, 9.17) is 13.9 Å². The van der Waals surface area contributed by atoms with Crippen LogP contribution >= 0.6 is 0 Å². The number of fused-ring (bicyclic) bond motifs is 1. The van der Waals surface area contributed by atoms with Gasteiger partial charge in [-0.25, -0.2) is 4.79 Å². The standard InChI is InChI=1S/C25H34N4O6/c1-3-33-19-7-5-6-17-16-20(35-21(17)19)22(30)28-25(10-12-26-13-11-25)23(31)27-18-8-14-29(15-9-18)24(32)34-4-2/h5-7,16,18,26H,3-4,8-15H2,1-2H3,(H,27,31)(H,28,30). The lowest BCUT2D eigenvalue weighted by Crippen LogP contribution is -2.64. The molecule has 10 heteroatoms. The molecule has 0 atom stereocenters. The van der Waals surface area contributed by atoms with Crippen LogP contribution in [0.25, 0.3) is 11.0 Å². The molecule has 4 rings (SSSR count). The quantitative estimate of drug-likeness (QED) is 0.549. The van der Waals surface area contributed by atoms with Crippen LogP contribution in [0.3, 0.4) is 0 Å². The van der Waals surface area contributed by atoms with Crippen LogP contribution in [0.5, 0.6) is 5.75 Å². The zero-order valence-electron chi connectivity index (χ0n) is 20.4. The Kier molecular flexibility index (Phi) is 7.80. The zero-order valence-corrected chi connectivity index (χ0v) is 20.4. The molecule has 2 aliphatic heterocycles. The van der Waals surface area contributed by atoms with Crippen LogP contribution in [0.4, 0.5) is 4.79 Å². The van der Waals surface area contributed by atoms with Crippen LogP contribution in [0.15, 0.2) is 28.7 Å². The molecule has 2 aliphatic rings. The summed E-state index contributed by atoms with van der Waals surface area (Å²) in [7, 11) is 0. The topological polar surface area (TPSA) is 122 Å². The van der Waals surface area contributed by atoms with Crippen molar-refractivity contribution in [2.75, 3.05) is 39.4 Å². The van der Waals surface area contributed by atoms with Crippen LogP contribution in [-0.2, 0) is 9.53 Å². The number of hydrogen-bond donors (Lipinski definition) is 3. The summed E-state index contributed by atoms with van der Waals surface area (Å²) < 4.78 is 16.5. The molecule has 2 saturated heterocycles. The fraction of sp³-hybridized carbons (Fsp3) is 0.560. The van der Waals surface area contributed by atoms with E-state index in [9.17, 15) is 14.4 Å². The van der Waals surface area contributed by atoms with Crippen molar-refractivity contribution in [2.24, 2.45) is 0 Å². The molecule has 0 spiro atoms. The predicted octanol–water partition coefficient (Wildman–Crippen LogP) is 2.42. The monoisotopic (exact) mass is 486 g/mol. The van der Waals surface area contributed by atoms with Gasteiger partial charge in [-0.1, -0.05) is 12.1 Å². The molecule has 0 radical (unpaired) electrons. The van der Waals surface area contributed by atoms with Gasteiger partial charge in [0, 0.05) is 24.5 Å². The van der Waals surface area contributed by atoms with Crippen molar-refractivity contribution in [3.8, 4) is 5.75 Å². The molecule has 0 aliphatic carbocycles. The highest BCUT2D eigenvalue weighted by atomic mass is 16.6. The van der Waals surface area contributed by atoms with Gasteiger partial charge in [0.05, 0.1) is 13.2 Å². The van der Waals surface area contributed by atoms with Crippen molar-refractivity contribution in [1.29, 1.82) is 0 Å². The van der Waals surface area contributed by atoms with Crippen molar-refractivity contribution >= 4 is 28.9 Å². The minimum Gasteiger partial charge on any atom is -0.490 e. The lowest BCUT2D eigenvalue weighted by molar-refractivity contribution is -0.129. The third-order valence-electron chi connectivity index (χ3n) is 6.63. The Hall–Kier alpha value is -3.27. The molecule has 0 saturated carbocycles. The summed E-state index contributed by atoms with van der Waals surface area (Å²) in [5.41, 5.74) is -0.529. The first-order chi connectivity index (χ1) is 17.0. The van der Waals surface area contributed by atoms with Crippen molar-refractivity contribution < 1.29 is 28.3 Å². The number of likely N-dealkylation sites (tertiary alicyclic amines) is 1. The Morgan fingerprint density at radius 1 is 1.14 bits per heavy atom. The summed E-state index contributed by atoms with van der Waals surface area (Å²) in [5, 5.41) is 10.1. The maximum absolute atomic E-state index is 13.5. The Labute approximate surface area is 204 Å². The number of carbonyl (C=O) groups is 3. The average Bonchev–Trinajstić information content (AvgIpc) is 3.31. The number of benzene rings is 1. The lowest BCUT2D eigenvalue weighted by Gasteiger charge is -2.39. The largest absolute Gasteiger partial charge is 0.490 e. The van der Waals surface area contributed by atoms with Gasteiger partial charge in [0.15, 0.2) is 17.1 Å². The molecular formula is C25H34N4O6. The molecular weight excluding hydrogens is 452 g/mol. The normalized spacial score (nSPS) is 18.2. The molecule has 1 aromatic heterocycles. The fourth-order valence-electron chi connectivity index (χ4n) is 4.70. The molecule has 2 fully saturated rings. The molecule has 1 aromatic carbocycles. The molecule has 3 amide bonds. The lowest BCUT2D eigenvalue weighted by atomic mass is 9.86. The first kappa shape index (κ1) is 24.8. The van der Waals surface area contributed by atoms with E-state index >= 15 is 0 Å². The van der Waals surface area contributed by atoms with E-state index in [0.717, 1.165) is 5.39 Å². The number of nitrogens with one attached hydrogen (secondary N) is 3. The predicted molar refractivity (Wildman–Crippen MR) is 129 cm³/mol. The molecule has 0 unspecified atom stereocenters. The number of hydrogen-bond acceptors (Lipinski definition) is 7. The molecule has 35 heavy (non-hydrogen) atoms. The number of carbonyl (C=O) groups excluding carboxylic acids is 3. The summed E-state index contributed by atoms with van der Waals surface area (Å²) in [6.45, 7) is 6.75. The summed E-state index contributed by atoms with van der Waals surface area (Å²) in [4.78, 5) is 40.3. The highest BCUT2D eigenvalue weighted by Crippen LogP contribution is 2.29. The number of piperidine rings is 2. The van der Waals surface area contributed by atoms with Crippen molar-refractivity contribution in [3.05, 3.63) is 30.0 Å². The maximum Gasteiger partial charge on any atom is 0.409 e. The van der Waals surface area contributed by atoms with Gasteiger partial charge >= 0.3 is 6.09 Å². The molecule has 2 aromatic rings. The van der Waals surface area contributed by atoms with Gasteiger partial charge in [-0.2, -0.15) is 0 Å². The van der Waals surface area contributed by atoms with E-state index in [1.807, 2.05) is 19.1 Å². The SMILES string of the molecule is CCOC(=O)N1CCC(NC(=O)C2(NC(=O)c3cc4cccc(OCC)c4o3)CCNCC2)CC1. The molecule has 0 bridgehead atoms. The number of nitrogens with zero attached hydrogens (tertiary/aromatic N) is 1. The minimum absolute atomic E-state index is 0.0724. The summed E-state index contributed by atoms with van der Waals surface area (Å²) in [6.07, 6.45) is 1.89. The number of amides is 3. The van der Waals surface area contributed by atoms with E-state index in [1.165, 1.54) is 0 Å². The van der Waals surface area contributed by atoms with Gasteiger partial charge in [-0.15, -0.1) is 0 Å². The first-order valence-corrected chi connectivity index (χ1v) is 12.4. The molecule has 190 valence electrons. The number of para-hydroxylation sites is 1. The minimum atomic E-state index is -1.04. The van der Waals surface area contributed by atoms with Gasteiger partial charge < -0.3 is 34.7 Å². The van der Waals surface area contributed by atoms with Crippen molar-refractivity contribution in [3.63, 3.8) is 0 Å². The summed E-state index contributed by atoms with van der Waals surface area (Å²) in [5.74, 6) is 0.0824. The number of ether oxygens (including phenoxy) is 2. The van der Waals surface area contributed by atoms with Gasteiger partial charge in [0.1, 0.15) is 5.54 Å². The third-order valence-corrected chi connectivity index (χ3v) is 6.63. The average molecular weight is 487 g/mol.